The summed E-state index contributed by atoms with van der Waals surface area (Å²) in [4.78, 5) is 17.2. The lowest BCUT2D eigenvalue weighted by Crippen LogP contribution is -2.48. The zero-order valence-corrected chi connectivity index (χ0v) is 13.2. The molecule has 5 nitrogen and oxygen atoms in total. The number of carbonyl (C=O) groups excluding carboxylic acids is 1. The number of nitrogens with one attached hydrogen (secondary N) is 1. The number of alkyl halides is 3. The van der Waals surface area contributed by atoms with E-state index >= 15 is 0 Å². The van der Waals surface area contributed by atoms with Crippen LogP contribution in [0.3, 0.4) is 0 Å². The summed E-state index contributed by atoms with van der Waals surface area (Å²) in [6, 6.07) is 0.839. The first-order valence-electron chi connectivity index (χ1n) is 7.09. The van der Waals surface area contributed by atoms with Crippen molar-refractivity contribution in [3.8, 4) is 0 Å². The van der Waals surface area contributed by atoms with Crippen molar-refractivity contribution in [1.29, 1.82) is 0 Å². The van der Waals surface area contributed by atoms with Gasteiger partial charge in [-0.1, -0.05) is 11.6 Å². The van der Waals surface area contributed by atoms with Crippen LogP contribution in [0.4, 0.5) is 19.0 Å². The van der Waals surface area contributed by atoms with Gasteiger partial charge in [0.25, 0.3) is 0 Å². The third-order valence-corrected chi connectivity index (χ3v) is 4.12. The average molecular weight is 352 g/mol. The molecule has 128 valence electrons. The SMILES string of the molecule is CN(C(=O)CCNc1ncc(C(F)(F)F)cc1Cl)C1CC(O)C1. The molecule has 1 aromatic rings. The summed E-state index contributed by atoms with van der Waals surface area (Å²) in [5.74, 6) is -0.00776. The van der Waals surface area contributed by atoms with Crippen molar-refractivity contribution in [2.24, 2.45) is 0 Å². The summed E-state index contributed by atoms with van der Waals surface area (Å²) in [7, 11) is 1.67. The normalized spacial score (nSPS) is 20.8. The zero-order chi connectivity index (χ0) is 17.2. The Morgan fingerprint density at radius 1 is 1.52 bits per heavy atom. The number of halogens is 4. The van der Waals surface area contributed by atoms with Crippen molar-refractivity contribution in [2.75, 3.05) is 18.9 Å². The molecule has 0 bridgehead atoms. The van der Waals surface area contributed by atoms with Crippen LogP contribution >= 0.6 is 11.6 Å². The van der Waals surface area contributed by atoms with Crippen LogP contribution in [-0.4, -0.2) is 46.6 Å². The number of aromatic nitrogens is 1. The fourth-order valence-corrected chi connectivity index (χ4v) is 2.50. The Bertz CT molecular complexity index is 577. The van der Waals surface area contributed by atoms with E-state index in [0.29, 0.717) is 19.0 Å². The van der Waals surface area contributed by atoms with Crippen molar-refractivity contribution in [3.05, 3.63) is 22.8 Å². The molecule has 1 aliphatic carbocycles. The standard InChI is InChI=1S/C14H17ClF3N3O2/c1-21(9-5-10(22)6-9)12(23)2-3-19-13-11(15)4-8(7-20-13)14(16,17)18/h4,7,9-10,22H,2-3,5-6H2,1H3,(H,19,20). The molecule has 0 atom stereocenters. The van der Waals surface area contributed by atoms with E-state index in [1.807, 2.05) is 0 Å². The third-order valence-electron chi connectivity index (χ3n) is 3.83. The van der Waals surface area contributed by atoms with Gasteiger partial charge in [0.2, 0.25) is 5.91 Å². The van der Waals surface area contributed by atoms with E-state index in [0.717, 1.165) is 6.07 Å². The number of anilines is 1. The van der Waals surface area contributed by atoms with Crippen molar-refractivity contribution in [1.82, 2.24) is 9.88 Å². The number of nitrogens with zero attached hydrogens (tertiary/aromatic N) is 2. The smallest absolute Gasteiger partial charge is 0.393 e. The van der Waals surface area contributed by atoms with Crippen LogP contribution in [0.2, 0.25) is 5.02 Å². The summed E-state index contributed by atoms with van der Waals surface area (Å²) < 4.78 is 37.5. The summed E-state index contributed by atoms with van der Waals surface area (Å²) in [6.07, 6.45) is -2.85. The van der Waals surface area contributed by atoms with Gasteiger partial charge in [0, 0.05) is 32.3 Å². The van der Waals surface area contributed by atoms with Gasteiger partial charge in [-0.05, 0) is 18.9 Å². The zero-order valence-electron chi connectivity index (χ0n) is 12.4. The molecule has 0 aliphatic heterocycles. The van der Waals surface area contributed by atoms with Crippen molar-refractivity contribution in [2.45, 2.75) is 37.6 Å². The Kier molecular flexibility index (Phi) is 5.36. The van der Waals surface area contributed by atoms with Crippen molar-refractivity contribution < 1.29 is 23.1 Å². The molecule has 1 fully saturated rings. The van der Waals surface area contributed by atoms with Crippen LogP contribution in [0.1, 0.15) is 24.8 Å². The number of amides is 1. The Balaban J connectivity index is 1.83. The molecule has 0 aromatic carbocycles. The largest absolute Gasteiger partial charge is 0.417 e. The maximum atomic E-state index is 12.5. The van der Waals surface area contributed by atoms with Gasteiger partial charge >= 0.3 is 6.18 Å². The second kappa shape index (κ2) is 6.92. The summed E-state index contributed by atoms with van der Waals surface area (Å²) in [5.41, 5.74) is -0.924. The number of aliphatic hydroxyl groups is 1. The minimum atomic E-state index is -4.50. The number of aliphatic hydroxyl groups excluding tert-OH is 1. The fraction of sp³-hybridized carbons (Fsp3) is 0.571. The summed E-state index contributed by atoms with van der Waals surface area (Å²) >= 11 is 5.76. The molecule has 1 heterocycles. The molecule has 1 aliphatic rings. The van der Waals surface area contributed by atoms with Gasteiger partial charge in [-0.3, -0.25) is 4.79 Å². The lowest BCUT2D eigenvalue weighted by atomic mass is 9.88. The van der Waals surface area contributed by atoms with E-state index in [-0.39, 0.29) is 41.9 Å². The number of carbonyl (C=O) groups is 1. The fourth-order valence-electron chi connectivity index (χ4n) is 2.27. The molecule has 2 N–H and O–H groups in total. The first-order chi connectivity index (χ1) is 10.7. The van der Waals surface area contributed by atoms with E-state index in [1.54, 1.807) is 11.9 Å². The molecule has 1 aromatic heterocycles. The number of rotatable bonds is 5. The van der Waals surface area contributed by atoms with E-state index in [1.165, 1.54) is 0 Å². The molecular weight excluding hydrogens is 335 g/mol. The van der Waals surface area contributed by atoms with E-state index in [2.05, 4.69) is 10.3 Å². The molecule has 0 unspecified atom stereocenters. The molecule has 2 rings (SSSR count). The van der Waals surface area contributed by atoms with Gasteiger partial charge < -0.3 is 15.3 Å². The molecule has 0 spiro atoms. The van der Waals surface area contributed by atoms with E-state index < -0.39 is 11.7 Å². The Morgan fingerprint density at radius 3 is 2.70 bits per heavy atom. The highest BCUT2D eigenvalue weighted by atomic mass is 35.5. The van der Waals surface area contributed by atoms with Gasteiger partial charge in [0.1, 0.15) is 5.82 Å². The average Bonchev–Trinajstić information content (AvgIpc) is 2.43. The van der Waals surface area contributed by atoms with Crippen LogP contribution in [-0.2, 0) is 11.0 Å². The van der Waals surface area contributed by atoms with Gasteiger partial charge in [-0.15, -0.1) is 0 Å². The van der Waals surface area contributed by atoms with Crippen molar-refractivity contribution in [3.63, 3.8) is 0 Å². The summed E-state index contributed by atoms with van der Waals surface area (Å²) in [5, 5.41) is 11.8. The molecule has 23 heavy (non-hydrogen) atoms. The first-order valence-corrected chi connectivity index (χ1v) is 7.46. The molecular formula is C14H17ClF3N3O2. The van der Waals surface area contributed by atoms with E-state index in [9.17, 15) is 23.1 Å². The van der Waals surface area contributed by atoms with Crippen LogP contribution in [0.25, 0.3) is 0 Å². The van der Waals surface area contributed by atoms with Gasteiger partial charge in [0.05, 0.1) is 16.7 Å². The number of pyridine rings is 1. The predicted octanol–water partition coefficient (Wildman–Crippen LogP) is 2.54. The molecule has 0 radical (unpaired) electrons. The number of hydrogen-bond donors (Lipinski definition) is 2. The topological polar surface area (TPSA) is 65.5 Å². The molecule has 1 saturated carbocycles. The van der Waals surface area contributed by atoms with Crippen LogP contribution in [0.15, 0.2) is 12.3 Å². The van der Waals surface area contributed by atoms with E-state index in [4.69, 9.17) is 11.6 Å². The Hall–Kier alpha value is -1.54. The Morgan fingerprint density at radius 2 is 2.17 bits per heavy atom. The highest BCUT2D eigenvalue weighted by Crippen LogP contribution is 2.32. The van der Waals surface area contributed by atoms with Crippen molar-refractivity contribution >= 4 is 23.3 Å². The maximum absolute atomic E-state index is 12.5. The minimum absolute atomic E-state index is 0.0466. The van der Waals surface area contributed by atoms with Gasteiger partial charge in [0.15, 0.2) is 0 Å². The predicted molar refractivity (Wildman–Crippen MR) is 79.2 cm³/mol. The van der Waals surface area contributed by atoms with Crippen LogP contribution in [0.5, 0.6) is 0 Å². The molecule has 0 saturated heterocycles. The highest BCUT2D eigenvalue weighted by Gasteiger charge is 2.33. The van der Waals surface area contributed by atoms with Crippen LogP contribution in [0, 0.1) is 0 Å². The minimum Gasteiger partial charge on any atom is -0.393 e. The first kappa shape index (κ1) is 17.8. The summed E-state index contributed by atoms with van der Waals surface area (Å²) in [6.45, 7) is 0.205. The Labute approximate surface area is 136 Å². The number of hydrogen-bond acceptors (Lipinski definition) is 4. The van der Waals surface area contributed by atoms with Gasteiger partial charge in [-0.25, -0.2) is 4.98 Å². The lowest BCUT2D eigenvalue weighted by molar-refractivity contribution is -0.138. The quantitative estimate of drug-likeness (QED) is 0.855. The highest BCUT2D eigenvalue weighted by molar-refractivity contribution is 6.32. The van der Waals surface area contributed by atoms with Crippen LogP contribution < -0.4 is 5.32 Å². The monoisotopic (exact) mass is 351 g/mol. The second-order valence-corrected chi connectivity index (χ2v) is 5.92. The molecule has 9 heteroatoms. The third kappa shape index (κ3) is 4.48. The lowest BCUT2D eigenvalue weighted by Gasteiger charge is -2.38. The van der Waals surface area contributed by atoms with Gasteiger partial charge in [-0.2, -0.15) is 13.2 Å². The molecule has 1 amide bonds. The second-order valence-electron chi connectivity index (χ2n) is 5.51. The maximum Gasteiger partial charge on any atom is 0.417 e.